The number of ether oxygens (including phenoxy) is 1. The van der Waals surface area contributed by atoms with Crippen LogP contribution in [0, 0.1) is 12.3 Å². The minimum atomic E-state index is -0.465. The van der Waals surface area contributed by atoms with Gasteiger partial charge in [-0.3, -0.25) is 4.98 Å². The zero-order valence-electron chi connectivity index (χ0n) is 15.5. The van der Waals surface area contributed by atoms with Crippen molar-refractivity contribution in [3.8, 4) is 10.6 Å². The third-order valence-corrected chi connectivity index (χ3v) is 6.27. The first kappa shape index (κ1) is 17.5. The van der Waals surface area contributed by atoms with Gasteiger partial charge in [0, 0.05) is 12.7 Å². The quantitative estimate of drug-likeness (QED) is 0.749. The van der Waals surface area contributed by atoms with Crippen LogP contribution < -0.4 is 0 Å². The van der Waals surface area contributed by atoms with Crippen molar-refractivity contribution in [1.82, 2.24) is 15.0 Å². The van der Waals surface area contributed by atoms with Gasteiger partial charge in [0.2, 0.25) is 0 Å². The molecule has 6 heteroatoms. The van der Waals surface area contributed by atoms with E-state index in [1.54, 1.807) is 24.6 Å². The van der Waals surface area contributed by atoms with Crippen LogP contribution in [0.15, 0.2) is 18.3 Å². The molecule has 2 heterocycles. The molecule has 3 aromatic rings. The van der Waals surface area contributed by atoms with Crippen LogP contribution in [-0.2, 0) is 17.8 Å². The number of fused-ring (bicyclic) bond motifs is 2. The highest BCUT2D eigenvalue weighted by Crippen LogP contribution is 2.47. The maximum atomic E-state index is 10.7. The van der Waals surface area contributed by atoms with Gasteiger partial charge in [0.05, 0.1) is 46.2 Å². The van der Waals surface area contributed by atoms with Crippen molar-refractivity contribution in [2.45, 2.75) is 46.3 Å². The summed E-state index contributed by atoms with van der Waals surface area (Å²) in [6.07, 6.45) is 3.14. The van der Waals surface area contributed by atoms with Gasteiger partial charge < -0.3 is 9.84 Å². The van der Waals surface area contributed by atoms with E-state index in [1.165, 1.54) is 0 Å². The predicted octanol–water partition coefficient (Wildman–Crippen LogP) is 4.21. The molecule has 5 nitrogen and oxygen atoms in total. The maximum absolute atomic E-state index is 10.7. The topological polar surface area (TPSA) is 68.1 Å². The summed E-state index contributed by atoms with van der Waals surface area (Å²) < 4.78 is 5.17. The van der Waals surface area contributed by atoms with Gasteiger partial charge >= 0.3 is 0 Å². The number of hydrogen-bond acceptors (Lipinski definition) is 6. The van der Waals surface area contributed by atoms with Crippen molar-refractivity contribution in [3.63, 3.8) is 0 Å². The molecule has 0 fully saturated rings. The van der Waals surface area contributed by atoms with E-state index < -0.39 is 6.10 Å². The van der Waals surface area contributed by atoms with Gasteiger partial charge in [-0.05, 0) is 42.9 Å². The van der Waals surface area contributed by atoms with Crippen LogP contribution in [0.3, 0.4) is 0 Å². The van der Waals surface area contributed by atoms with E-state index in [9.17, 15) is 5.11 Å². The van der Waals surface area contributed by atoms with Crippen molar-refractivity contribution in [3.05, 3.63) is 40.2 Å². The van der Waals surface area contributed by atoms with Gasteiger partial charge in [-0.1, -0.05) is 13.8 Å². The third-order valence-electron chi connectivity index (χ3n) is 5.09. The predicted molar refractivity (Wildman–Crippen MR) is 103 cm³/mol. The van der Waals surface area contributed by atoms with E-state index >= 15 is 0 Å². The average molecular weight is 369 g/mol. The van der Waals surface area contributed by atoms with Gasteiger partial charge in [-0.2, -0.15) is 0 Å². The lowest BCUT2D eigenvalue weighted by Crippen LogP contribution is -2.27. The fourth-order valence-corrected chi connectivity index (χ4v) is 4.81. The molecule has 1 N–H and O–H groups in total. The Morgan fingerprint density at radius 3 is 2.88 bits per heavy atom. The molecule has 0 saturated carbocycles. The molecule has 0 spiro atoms. The number of hydrogen-bond donors (Lipinski definition) is 1. The number of aliphatic hydroxyl groups is 1. The lowest BCUT2D eigenvalue weighted by molar-refractivity contribution is 0.0366. The molecule has 0 saturated heterocycles. The molecule has 1 unspecified atom stereocenters. The van der Waals surface area contributed by atoms with Crippen LogP contribution in [0.1, 0.15) is 48.2 Å². The van der Waals surface area contributed by atoms with E-state index in [0.717, 1.165) is 56.3 Å². The molecule has 136 valence electrons. The molecule has 1 aromatic carbocycles. The van der Waals surface area contributed by atoms with Crippen molar-refractivity contribution in [2.24, 2.45) is 5.41 Å². The molecule has 4 rings (SSSR count). The SMILES string of the molecule is COCc1cnc2c(-c3nc4c(s3)C(O)C(C)(C)CC4)cc(C)cc2n1. The summed E-state index contributed by atoms with van der Waals surface area (Å²) in [5.74, 6) is 0. The average Bonchev–Trinajstić information content (AvgIpc) is 3.02. The Kier molecular flexibility index (Phi) is 4.29. The fourth-order valence-electron chi connectivity index (χ4n) is 3.49. The van der Waals surface area contributed by atoms with E-state index in [2.05, 4.69) is 36.8 Å². The molecule has 26 heavy (non-hydrogen) atoms. The molecule has 2 aromatic heterocycles. The number of methoxy groups -OCH3 is 1. The Bertz CT molecular complexity index is 981. The van der Waals surface area contributed by atoms with Crippen molar-refractivity contribution in [2.75, 3.05) is 7.11 Å². The summed E-state index contributed by atoms with van der Waals surface area (Å²) >= 11 is 1.58. The highest BCUT2D eigenvalue weighted by atomic mass is 32.1. The van der Waals surface area contributed by atoms with Crippen LogP contribution in [0.5, 0.6) is 0 Å². The molecule has 1 atom stereocenters. The summed E-state index contributed by atoms with van der Waals surface area (Å²) in [5.41, 5.74) is 5.52. The van der Waals surface area contributed by atoms with Gasteiger partial charge in [0.1, 0.15) is 5.01 Å². The van der Waals surface area contributed by atoms with E-state index in [0.29, 0.717) is 6.61 Å². The Hall–Kier alpha value is -1.89. The Balaban J connectivity index is 1.85. The molecule has 1 aliphatic rings. The first-order chi connectivity index (χ1) is 12.4. The smallest absolute Gasteiger partial charge is 0.126 e. The van der Waals surface area contributed by atoms with E-state index in [1.807, 2.05) is 6.07 Å². The number of thiazole rings is 1. The van der Waals surface area contributed by atoms with Crippen molar-refractivity contribution in [1.29, 1.82) is 0 Å². The van der Waals surface area contributed by atoms with Gasteiger partial charge in [-0.15, -0.1) is 11.3 Å². The van der Waals surface area contributed by atoms with Crippen LogP contribution >= 0.6 is 11.3 Å². The zero-order valence-corrected chi connectivity index (χ0v) is 16.4. The molecular formula is C20H23N3O2S. The van der Waals surface area contributed by atoms with E-state index in [-0.39, 0.29) is 5.41 Å². The summed E-state index contributed by atoms with van der Waals surface area (Å²) in [6, 6.07) is 4.14. The van der Waals surface area contributed by atoms with Crippen LogP contribution in [0.4, 0.5) is 0 Å². The number of rotatable bonds is 3. The lowest BCUT2D eigenvalue weighted by atomic mass is 9.76. The number of aromatic nitrogens is 3. The fraction of sp³-hybridized carbons (Fsp3) is 0.450. The molecule has 0 radical (unpaired) electrons. The van der Waals surface area contributed by atoms with Crippen molar-refractivity contribution >= 4 is 22.4 Å². The van der Waals surface area contributed by atoms with Crippen LogP contribution in [-0.4, -0.2) is 27.2 Å². The Morgan fingerprint density at radius 2 is 2.12 bits per heavy atom. The Labute approximate surface area is 157 Å². The second-order valence-corrected chi connectivity index (χ2v) is 8.73. The highest BCUT2D eigenvalue weighted by molar-refractivity contribution is 7.15. The summed E-state index contributed by atoms with van der Waals surface area (Å²) in [4.78, 5) is 15.2. The number of aryl methyl sites for hydroxylation is 2. The molecule has 0 aliphatic heterocycles. The van der Waals surface area contributed by atoms with Gasteiger partial charge in [0.25, 0.3) is 0 Å². The third kappa shape index (κ3) is 2.92. The second kappa shape index (κ2) is 6.37. The lowest BCUT2D eigenvalue weighted by Gasteiger charge is -2.33. The number of benzene rings is 1. The van der Waals surface area contributed by atoms with Crippen molar-refractivity contribution < 1.29 is 9.84 Å². The summed E-state index contributed by atoms with van der Waals surface area (Å²) in [6.45, 7) is 6.73. The molecule has 1 aliphatic carbocycles. The van der Waals surface area contributed by atoms with Crippen LogP contribution in [0.2, 0.25) is 0 Å². The number of aliphatic hydroxyl groups excluding tert-OH is 1. The minimum absolute atomic E-state index is 0.111. The zero-order chi connectivity index (χ0) is 18.5. The highest BCUT2D eigenvalue weighted by Gasteiger charge is 2.37. The van der Waals surface area contributed by atoms with Crippen LogP contribution in [0.25, 0.3) is 21.6 Å². The largest absolute Gasteiger partial charge is 0.387 e. The molecular weight excluding hydrogens is 346 g/mol. The second-order valence-electron chi connectivity index (χ2n) is 7.70. The summed E-state index contributed by atoms with van der Waals surface area (Å²) in [7, 11) is 1.65. The number of nitrogens with zero attached hydrogens (tertiary/aromatic N) is 3. The molecule has 0 amide bonds. The first-order valence-corrected chi connectivity index (χ1v) is 9.64. The standard InChI is InChI=1S/C20H23N3O2S/c1-11-7-13(16-15(8-11)22-12(9-21-16)10-25-4)19-23-14-5-6-20(2,3)18(24)17(14)26-19/h7-9,18,24H,5-6,10H2,1-4H3. The van der Waals surface area contributed by atoms with E-state index in [4.69, 9.17) is 9.72 Å². The summed E-state index contributed by atoms with van der Waals surface area (Å²) in [5, 5.41) is 11.7. The molecule has 0 bridgehead atoms. The normalized spacial score (nSPS) is 18.9. The Morgan fingerprint density at radius 1 is 1.31 bits per heavy atom. The maximum Gasteiger partial charge on any atom is 0.126 e. The van der Waals surface area contributed by atoms with Gasteiger partial charge in [0.15, 0.2) is 0 Å². The first-order valence-electron chi connectivity index (χ1n) is 8.82. The minimum Gasteiger partial charge on any atom is -0.387 e. The monoisotopic (exact) mass is 369 g/mol. The van der Waals surface area contributed by atoms with Gasteiger partial charge in [-0.25, -0.2) is 9.97 Å².